The molecular formula is C38H58Cl2N4O2S2. The first-order valence-corrected chi connectivity index (χ1v) is 19.1. The molecule has 0 aliphatic carbocycles. The summed E-state index contributed by atoms with van der Waals surface area (Å²) < 4.78 is 14.4. The van der Waals surface area contributed by atoms with Crippen LogP contribution < -0.4 is 0 Å². The van der Waals surface area contributed by atoms with E-state index in [9.17, 15) is 0 Å². The van der Waals surface area contributed by atoms with E-state index in [2.05, 4.69) is 107 Å². The third-order valence-corrected chi connectivity index (χ3v) is 11.4. The molecule has 6 rings (SSSR count). The molecule has 6 nitrogen and oxygen atoms in total. The van der Waals surface area contributed by atoms with Crippen LogP contribution in [0.2, 0.25) is 0 Å². The van der Waals surface area contributed by atoms with Crippen molar-refractivity contribution >= 4 is 67.7 Å². The lowest BCUT2D eigenvalue weighted by Gasteiger charge is -2.20. The summed E-state index contributed by atoms with van der Waals surface area (Å²) >= 11 is 3.61. The van der Waals surface area contributed by atoms with Gasteiger partial charge in [0.25, 0.3) is 0 Å². The van der Waals surface area contributed by atoms with Gasteiger partial charge in [-0.2, -0.15) is 0 Å². The smallest absolute Gasteiger partial charge is 0.0506 e. The molecule has 2 fully saturated rings. The summed E-state index contributed by atoms with van der Waals surface area (Å²) in [7, 11) is 8.74. The predicted octanol–water partition coefficient (Wildman–Crippen LogP) is 7.82. The molecule has 0 radical (unpaired) electrons. The number of hydrogen-bond donors (Lipinski definition) is 0. The van der Waals surface area contributed by atoms with E-state index in [0.717, 1.165) is 64.2 Å². The zero-order valence-electron chi connectivity index (χ0n) is 29.5. The third-order valence-electron chi connectivity index (χ3n) is 9.59. The SMILES string of the molecule is CN(C)C1CCN(CCCOCCc2ccc3sccc3c2)C1.CN(C)C1CCN(CCCOCCc2ccc3sccc3c2)C1.Cl.Cl. The van der Waals surface area contributed by atoms with Gasteiger partial charge in [0.05, 0.1) is 13.2 Å². The van der Waals surface area contributed by atoms with E-state index in [1.165, 1.54) is 83.4 Å². The standard InChI is InChI=1S/2C19H28N2OS.2ClH/c2*1-20(2)18-6-10-21(15-18)9-3-11-22-12-7-16-4-5-19-17(14-16)8-13-23-19;;/h2*4-5,8,13-14,18H,3,6-7,9-12,15H2,1-2H3;2*1H. The topological polar surface area (TPSA) is 31.4 Å². The lowest BCUT2D eigenvalue weighted by molar-refractivity contribution is 0.125. The van der Waals surface area contributed by atoms with Gasteiger partial charge in [0.15, 0.2) is 0 Å². The van der Waals surface area contributed by atoms with Gasteiger partial charge in [-0.15, -0.1) is 47.5 Å². The Balaban J connectivity index is 0.000000250. The van der Waals surface area contributed by atoms with Gasteiger partial charge in [0.1, 0.15) is 0 Å². The molecule has 2 aromatic heterocycles. The van der Waals surface area contributed by atoms with E-state index < -0.39 is 0 Å². The third kappa shape index (κ3) is 13.1. The predicted molar refractivity (Wildman–Crippen MR) is 213 cm³/mol. The number of likely N-dealkylation sites (N-methyl/N-ethyl adjacent to an activating group) is 2. The number of benzene rings is 2. The number of rotatable bonds is 16. The second-order valence-electron chi connectivity index (χ2n) is 13.4. The molecule has 0 bridgehead atoms. The van der Waals surface area contributed by atoms with E-state index in [1.54, 1.807) is 22.7 Å². The van der Waals surface area contributed by atoms with Crippen LogP contribution in [0.25, 0.3) is 20.2 Å². The molecule has 0 spiro atoms. The Bertz CT molecular complexity index is 1340. The summed E-state index contributed by atoms with van der Waals surface area (Å²) in [5.74, 6) is 0. The van der Waals surface area contributed by atoms with Gasteiger partial charge in [-0.25, -0.2) is 0 Å². The monoisotopic (exact) mass is 736 g/mol. The van der Waals surface area contributed by atoms with Crippen LogP contribution >= 0.6 is 47.5 Å². The van der Waals surface area contributed by atoms with Gasteiger partial charge in [-0.05, 0) is 137 Å². The van der Waals surface area contributed by atoms with Gasteiger partial charge < -0.3 is 29.1 Å². The van der Waals surface area contributed by atoms with Gasteiger partial charge in [0.2, 0.25) is 0 Å². The maximum atomic E-state index is 5.83. The first-order chi connectivity index (χ1) is 22.4. The van der Waals surface area contributed by atoms with Crippen molar-refractivity contribution < 1.29 is 9.47 Å². The van der Waals surface area contributed by atoms with E-state index >= 15 is 0 Å². The number of halogens is 2. The van der Waals surface area contributed by atoms with Crippen LogP contribution in [0.3, 0.4) is 0 Å². The minimum atomic E-state index is 0. The molecule has 2 saturated heterocycles. The molecule has 0 saturated carbocycles. The van der Waals surface area contributed by atoms with Gasteiger partial charge in [-0.3, -0.25) is 0 Å². The lowest BCUT2D eigenvalue weighted by atomic mass is 10.1. The number of ether oxygens (including phenoxy) is 2. The van der Waals surface area contributed by atoms with Crippen LogP contribution in [0, 0.1) is 0 Å². The van der Waals surface area contributed by atoms with Gasteiger partial charge in [-0.1, -0.05) is 24.3 Å². The second-order valence-corrected chi connectivity index (χ2v) is 15.3. The van der Waals surface area contributed by atoms with Crippen LogP contribution in [0.4, 0.5) is 0 Å². The van der Waals surface area contributed by atoms with E-state index in [4.69, 9.17) is 9.47 Å². The summed E-state index contributed by atoms with van der Waals surface area (Å²) in [6.45, 7) is 10.7. The van der Waals surface area contributed by atoms with E-state index in [1.807, 2.05) is 0 Å². The quantitative estimate of drug-likeness (QED) is 0.109. The van der Waals surface area contributed by atoms with E-state index in [0.29, 0.717) is 0 Å². The van der Waals surface area contributed by atoms with E-state index in [-0.39, 0.29) is 24.8 Å². The summed E-state index contributed by atoms with van der Waals surface area (Å²) in [4.78, 5) is 9.83. The second kappa shape index (κ2) is 21.8. The highest BCUT2D eigenvalue weighted by Crippen LogP contribution is 2.23. The molecule has 10 heteroatoms. The zero-order valence-corrected chi connectivity index (χ0v) is 32.7. The van der Waals surface area contributed by atoms with Crippen molar-refractivity contribution in [1.29, 1.82) is 0 Å². The lowest BCUT2D eigenvalue weighted by Crippen LogP contribution is -2.32. The molecular weight excluding hydrogens is 679 g/mol. The molecule has 2 unspecified atom stereocenters. The number of fused-ring (bicyclic) bond motifs is 2. The van der Waals surface area contributed by atoms with Crippen LogP contribution in [0.15, 0.2) is 59.3 Å². The fourth-order valence-corrected chi connectivity index (χ4v) is 8.12. The molecule has 4 aromatic rings. The fraction of sp³-hybridized carbons (Fsp3) is 0.579. The van der Waals surface area contributed by atoms with Gasteiger partial charge in [0, 0.05) is 60.9 Å². The molecule has 0 N–H and O–H groups in total. The largest absolute Gasteiger partial charge is 0.381 e. The zero-order chi connectivity index (χ0) is 32.1. The average Bonchev–Trinajstić information content (AvgIpc) is 3.87. The molecule has 2 aliphatic heterocycles. The maximum Gasteiger partial charge on any atom is 0.0506 e. The molecule has 0 amide bonds. The highest BCUT2D eigenvalue weighted by Gasteiger charge is 2.24. The first-order valence-electron chi connectivity index (χ1n) is 17.3. The van der Waals surface area contributed by atoms with Crippen molar-refractivity contribution in [3.8, 4) is 0 Å². The Hall–Kier alpha value is -1.30. The maximum absolute atomic E-state index is 5.83. The highest BCUT2D eigenvalue weighted by atomic mass is 35.5. The number of nitrogens with zero attached hydrogens (tertiary/aromatic N) is 4. The summed E-state index contributed by atoms with van der Waals surface area (Å²) in [6.07, 6.45) is 6.92. The Kier molecular flexibility index (Phi) is 18.7. The summed E-state index contributed by atoms with van der Waals surface area (Å²) in [6, 6.07) is 19.4. The number of hydrogen-bond acceptors (Lipinski definition) is 8. The van der Waals surface area contributed by atoms with Crippen LogP contribution in [0.5, 0.6) is 0 Å². The van der Waals surface area contributed by atoms with Crippen molar-refractivity contribution in [2.24, 2.45) is 0 Å². The van der Waals surface area contributed by atoms with Crippen LogP contribution in [-0.4, -0.2) is 126 Å². The summed E-state index contributed by atoms with van der Waals surface area (Å²) in [5, 5.41) is 7.03. The molecule has 2 aliphatic rings. The van der Waals surface area contributed by atoms with Crippen molar-refractivity contribution in [2.75, 3.05) is 93.9 Å². The molecule has 2 atom stereocenters. The van der Waals surface area contributed by atoms with Crippen LogP contribution in [-0.2, 0) is 22.3 Å². The van der Waals surface area contributed by atoms with Crippen molar-refractivity contribution in [3.63, 3.8) is 0 Å². The van der Waals surface area contributed by atoms with Crippen molar-refractivity contribution in [1.82, 2.24) is 19.6 Å². The first kappa shape index (κ1) is 41.1. The van der Waals surface area contributed by atoms with Gasteiger partial charge >= 0.3 is 0 Å². The summed E-state index contributed by atoms with van der Waals surface area (Å²) in [5.41, 5.74) is 2.76. The average molecular weight is 738 g/mol. The normalized spacial score (nSPS) is 18.4. The Labute approximate surface area is 310 Å². The Morgan fingerprint density at radius 3 is 1.46 bits per heavy atom. The highest BCUT2D eigenvalue weighted by molar-refractivity contribution is 7.17. The number of thiophene rings is 2. The van der Waals surface area contributed by atoms with Crippen LogP contribution in [0.1, 0.15) is 36.8 Å². The molecule has 4 heterocycles. The molecule has 48 heavy (non-hydrogen) atoms. The minimum absolute atomic E-state index is 0. The number of likely N-dealkylation sites (tertiary alicyclic amines) is 2. The Morgan fingerprint density at radius 2 is 1.06 bits per heavy atom. The van der Waals surface area contributed by atoms with Crippen molar-refractivity contribution in [2.45, 2.75) is 50.6 Å². The minimum Gasteiger partial charge on any atom is -0.381 e. The molecule has 2 aromatic carbocycles. The Morgan fingerprint density at radius 1 is 0.625 bits per heavy atom. The molecule has 268 valence electrons. The van der Waals surface area contributed by atoms with Crippen molar-refractivity contribution in [3.05, 3.63) is 70.4 Å². The fourth-order valence-electron chi connectivity index (χ4n) is 6.58.